The van der Waals surface area contributed by atoms with Gasteiger partial charge in [0.2, 0.25) is 0 Å². The molecule has 0 aliphatic heterocycles. The van der Waals surface area contributed by atoms with Crippen LogP contribution in [0.25, 0.3) is 0 Å². The third kappa shape index (κ3) is 4.21. The van der Waals surface area contributed by atoms with Crippen LogP contribution in [-0.2, 0) is 9.53 Å². The summed E-state index contributed by atoms with van der Waals surface area (Å²) < 4.78 is 11.4. The molecule has 0 heterocycles. The highest BCUT2D eigenvalue weighted by atomic mass is 79.9. The van der Waals surface area contributed by atoms with Crippen molar-refractivity contribution >= 4 is 21.9 Å². The molecule has 106 valence electrons. The third-order valence-corrected chi connectivity index (χ3v) is 3.28. The van der Waals surface area contributed by atoms with Gasteiger partial charge in [0.1, 0.15) is 12.4 Å². The largest absolute Gasteiger partial charge is 0.492 e. The Labute approximate surface area is 122 Å². The Morgan fingerprint density at radius 3 is 2.63 bits per heavy atom. The molecule has 1 atom stereocenters. The number of ether oxygens (including phenoxy) is 2. The normalized spacial score (nSPS) is 12.9. The van der Waals surface area contributed by atoms with E-state index < -0.39 is 5.41 Å². The summed E-state index contributed by atoms with van der Waals surface area (Å²) in [5, 5.41) is 0. The van der Waals surface area contributed by atoms with Crippen molar-refractivity contribution in [3.05, 3.63) is 28.2 Å². The number of hydrogen-bond acceptors (Lipinski definition) is 4. The number of halogens is 1. The zero-order valence-electron chi connectivity index (χ0n) is 11.7. The van der Waals surface area contributed by atoms with Crippen molar-refractivity contribution in [2.24, 2.45) is 11.1 Å². The van der Waals surface area contributed by atoms with Gasteiger partial charge in [-0.1, -0.05) is 15.9 Å². The fourth-order valence-corrected chi connectivity index (χ4v) is 1.98. The zero-order valence-corrected chi connectivity index (χ0v) is 13.3. The van der Waals surface area contributed by atoms with E-state index in [0.29, 0.717) is 5.75 Å². The molecule has 0 saturated heterocycles. The average Bonchev–Trinajstić information content (AvgIpc) is 2.36. The molecule has 19 heavy (non-hydrogen) atoms. The minimum Gasteiger partial charge on any atom is -0.492 e. The average molecular weight is 330 g/mol. The van der Waals surface area contributed by atoms with Crippen molar-refractivity contribution in [2.75, 3.05) is 13.7 Å². The zero-order chi connectivity index (χ0) is 14.6. The van der Waals surface area contributed by atoms with Gasteiger partial charge in [0.25, 0.3) is 0 Å². The van der Waals surface area contributed by atoms with Crippen LogP contribution in [0.5, 0.6) is 5.75 Å². The molecule has 1 aromatic carbocycles. The van der Waals surface area contributed by atoms with Crippen molar-refractivity contribution in [2.45, 2.75) is 26.8 Å². The first kappa shape index (κ1) is 16.0. The molecular formula is C14H20BrNO3. The maximum atomic E-state index is 11.6. The maximum Gasteiger partial charge on any atom is 0.314 e. The molecule has 0 unspecified atom stereocenters. The highest BCUT2D eigenvalue weighted by molar-refractivity contribution is 9.10. The standard InChI is InChI=1S/C14H20BrNO3/c1-9(16)11-7-10(15)5-6-12(11)19-8-14(2,3)13(17)18-4/h5-7,9H,8,16H2,1-4H3/t9-/m1/s1. The maximum absolute atomic E-state index is 11.6. The minimum absolute atomic E-state index is 0.145. The molecule has 0 bridgehead atoms. The Balaban J connectivity index is 2.86. The predicted octanol–water partition coefficient (Wildman–Crippen LogP) is 3.05. The van der Waals surface area contributed by atoms with E-state index in [1.807, 2.05) is 25.1 Å². The molecule has 0 aliphatic carbocycles. The second-order valence-corrected chi connectivity index (χ2v) is 6.05. The van der Waals surface area contributed by atoms with E-state index in [2.05, 4.69) is 15.9 Å². The van der Waals surface area contributed by atoms with Crippen LogP contribution < -0.4 is 10.5 Å². The van der Waals surface area contributed by atoms with Crippen molar-refractivity contribution in [3.8, 4) is 5.75 Å². The van der Waals surface area contributed by atoms with Gasteiger partial charge in [-0.3, -0.25) is 4.79 Å². The first-order valence-corrected chi connectivity index (χ1v) is 6.83. The number of carbonyl (C=O) groups excluding carboxylic acids is 1. The second-order valence-electron chi connectivity index (χ2n) is 5.13. The van der Waals surface area contributed by atoms with Crippen LogP contribution in [0.15, 0.2) is 22.7 Å². The Hall–Kier alpha value is -1.07. The van der Waals surface area contributed by atoms with Crippen LogP contribution in [-0.4, -0.2) is 19.7 Å². The predicted molar refractivity (Wildman–Crippen MR) is 78.0 cm³/mol. The van der Waals surface area contributed by atoms with Gasteiger partial charge in [-0.15, -0.1) is 0 Å². The van der Waals surface area contributed by atoms with E-state index in [9.17, 15) is 4.79 Å². The molecule has 5 heteroatoms. The molecule has 0 fully saturated rings. The molecule has 4 nitrogen and oxygen atoms in total. The van der Waals surface area contributed by atoms with Gasteiger partial charge < -0.3 is 15.2 Å². The lowest BCUT2D eigenvalue weighted by Crippen LogP contribution is -2.32. The number of carbonyl (C=O) groups is 1. The number of methoxy groups -OCH3 is 1. The lowest BCUT2D eigenvalue weighted by atomic mass is 9.95. The van der Waals surface area contributed by atoms with E-state index >= 15 is 0 Å². The van der Waals surface area contributed by atoms with Gasteiger partial charge in [-0.25, -0.2) is 0 Å². The van der Waals surface area contributed by atoms with E-state index in [1.54, 1.807) is 13.8 Å². The molecule has 0 spiro atoms. The van der Waals surface area contributed by atoms with Crippen molar-refractivity contribution < 1.29 is 14.3 Å². The Bertz CT molecular complexity index is 458. The molecule has 0 radical (unpaired) electrons. The van der Waals surface area contributed by atoms with Crippen LogP contribution >= 0.6 is 15.9 Å². The lowest BCUT2D eigenvalue weighted by Gasteiger charge is -2.23. The summed E-state index contributed by atoms with van der Waals surface area (Å²) in [6, 6.07) is 5.50. The summed E-state index contributed by atoms with van der Waals surface area (Å²) in [7, 11) is 1.37. The van der Waals surface area contributed by atoms with E-state index in [1.165, 1.54) is 7.11 Å². The fourth-order valence-electron chi connectivity index (χ4n) is 1.60. The Morgan fingerprint density at radius 1 is 1.47 bits per heavy atom. The SMILES string of the molecule is COC(=O)C(C)(C)COc1ccc(Br)cc1[C@@H](C)N. The van der Waals surface area contributed by atoms with Crippen LogP contribution in [0.1, 0.15) is 32.4 Å². The molecule has 0 aromatic heterocycles. The number of esters is 1. The lowest BCUT2D eigenvalue weighted by molar-refractivity contribution is -0.152. The highest BCUT2D eigenvalue weighted by Gasteiger charge is 2.30. The fraction of sp³-hybridized carbons (Fsp3) is 0.500. The van der Waals surface area contributed by atoms with Crippen LogP contribution in [0.3, 0.4) is 0 Å². The van der Waals surface area contributed by atoms with Gasteiger partial charge >= 0.3 is 5.97 Å². The van der Waals surface area contributed by atoms with E-state index in [4.69, 9.17) is 15.2 Å². The Kier molecular flexibility index (Phi) is 5.38. The van der Waals surface area contributed by atoms with Crippen molar-refractivity contribution in [1.82, 2.24) is 0 Å². The summed E-state index contributed by atoms with van der Waals surface area (Å²) in [4.78, 5) is 11.6. The molecule has 2 N–H and O–H groups in total. The van der Waals surface area contributed by atoms with Crippen LogP contribution in [0, 0.1) is 5.41 Å². The quantitative estimate of drug-likeness (QED) is 0.843. The Morgan fingerprint density at radius 2 is 2.11 bits per heavy atom. The van der Waals surface area contributed by atoms with Crippen molar-refractivity contribution in [3.63, 3.8) is 0 Å². The molecule has 1 rings (SSSR count). The van der Waals surface area contributed by atoms with Crippen LogP contribution in [0.2, 0.25) is 0 Å². The summed E-state index contributed by atoms with van der Waals surface area (Å²) in [5.41, 5.74) is 6.12. The highest BCUT2D eigenvalue weighted by Crippen LogP contribution is 2.29. The number of hydrogen-bond donors (Lipinski definition) is 1. The van der Waals surface area contributed by atoms with Crippen LogP contribution in [0.4, 0.5) is 0 Å². The van der Waals surface area contributed by atoms with Crippen molar-refractivity contribution in [1.29, 1.82) is 0 Å². The molecule has 0 amide bonds. The molecular weight excluding hydrogens is 310 g/mol. The molecule has 0 saturated carbocycles. The third-order valence-electron chi connectivity index (χ3n) is 2.79. The summed E-state index contributed by atoms with van der Waals surface area (Å²) in [6.45, 7) is 5.69. The summed E-state index contributed by atoms with van der Waals surface area (Å²) in [5.74, 6) is 0.391. The topological polar surface area (TPSA) is 61.5 Å². The molecule has 1 aromatic rings. The number of rotatable bonds is 5. The second kappa shape index (κ2) is 6.39. The van der Waals surface area contributed by atoms with Gasteiger partial charge in [0, 0.05) is 16.1 Å². The van der Waals surface area contributed by atoms with E-state index in [-0.39, 0.29) is 18.6 Å². The van der Waals surface area contributed by atoms with Gasteiger partial charge in [0.15, 0.2) is 0 Å². The summed E-state index contributed by atoms with van der Waals surface area (Å²) >= 11 is 3.40. The van der Waals surface area contributed by atoms with Gasteiger partial charge in [-0.05, 0) is 39.0 Å². The monoisotopic (exact) mass is 329 g/mol. The smallest absolute Gasteiger partial charge is 0.314 e. The number of nitrogens with two attached hydrogens (primary N) is 1. The van der Waals surface area contributed by atoms with Gasteiger partial charge in [-0.2, -0.15) is 0 Å². The van der Waals surface area contributed by atoms with E-state index in [0.717, 1.165) is 10.0 Å². The first-order valence-electron chi connectivity index (χ1n) is 6.04. The minimum atomic E-state index is -0.697. The first-order chi connectivity index (χ1) is 8.77. The van der Waals surface area contributed by atoms with Gasteiger partial charge in [0.05, 0.1) is 12.5 Å². The molecule has 0 aliphatic rings. The number of benzene rings is 1. The summed E-state index contributed by atoms with van der Waals surface area (Å²) in [6.07, 6.45) is 0.